The van der Waals surface area contributed by atoms with Crippen LogP contribution in [0.5, 0.6) is 0 Å². The molecule has 0 aliphatic rings. The first kappa shape index (κ1) is 16.0. The van der Waals surface area contributed by atoms with Crippen molar-refractivity contribution in [3.63, 3.8) is 0 Å². The Morgan fingerprint density at radius 1 is 1.38 bits per heavy atom. The van der Waals surface area contributed by atoms with Crippen LogP contribution in [-0.4, -0.2) is 24.0 Å². The Bertz CT molecular complexity index is 600. The van der Waals surface area contributed by atoms with Crippen LogP contribution < -0.4 is 10.6 Å². The van der Waals surface area contributed by atoms with Crippen LogP contribution in [-0.2, 0) is 13.0 Å². The maximum Gasteiger partial charge on any atom is 0.191 e. The van der Waals surface area contributed by atoms with Crippen molar-refractivity contribution in [1.82, 2.24) is 15.6 Å². The average molecular weight is 323 g/mol. The van der Waals surface area contributed by atoms with Crippen molar-refractivity contribution < 1.29 is 0 Å². The first-order valence-electron chi connectivity index (χ1n) is 7.00. The third kappa shape index (κ3) is 4.82. The topological polar surface area (TPSA) is 49.3 Å². The molecule has 2 N–H and O–H groups in total. The minimum absolute atomic E-state index is 0.344. The van der Waals surface area contributed by atoms with Gasteiger partial charge in [-0.25, -0.2) is 4.98 Å². The van der Waals surface area contributed by atoms with Gasteiger partial charge in [-0.15, -0.1) is 22.7 Å². The predicted octanol–water partition coefficient (Wildman–Crippen LogP) is 3.12. The van der Waals surface area contributed by atoms with Crippen molar-refractivity contribution in [1.29, 1.82) is 0 Å². The molecule has 0 aliphatic carbocycles. The molecule has 2 aromatic heterocycles. The van der Waals surface area contributed by atoms with Crippen LogP contribution in [0.4, 0.5) is 0 Å². The molecule has 0 aromatic carbocycles. The number of aromatic nitrogens is 1. The fraction of sp³-hybridized carbons (Fsp3) is 0.467. The molecular weight excluding hydrogens is 300 g/mol. The predicted molar refractivity (Wildman–Crippen MR) is 92.4 cm³/mol. The third-order valence-electron chi connectivity index (χ3n) is 3.17. The van der Waals surface area contributed by atoms with E-state index in [9.17, 15) is 0 Å². The van der Waals surface area contributed by atoms with Crippen LogP contribution in [0.2, 0.25) is 0 Å². The Labute approximate surface area is 134 Å². The highest BCUT2D eigenvalue weighted by molar-refractivity contribution is 7.11. The first-order valence-corrected chi connectivity index (χ1v) is 8.69. The van der Waals surface area contributed by atoms with Crippen LogP contribution >= 0.6 is 22.7 Å². The van der Waals surface area contributed by atoms with Gasteiger partial charge < -0.3 is 10.6 Å². The summed E-state index contributed by atoms with van der Waals surface area (Å²) >= 11 is 3.53. The quantitative estimate of drug-likeness (QED) is 0.657. The largest absolute Gasteiger partial charge is 0.354 e. The zero-order chi connectivity index (χ0) is 15.2. The van der Waals surface area contributed by atoms with Gasteiger partial charge in [0.05, 0.1) is 17.7 Å². The summed E-state index contributed by atoms with van der Waals surface area (Å²) in [6.07, 6.45) is 1.01. The standard InChI is InChI=1S/C15H22N4S2/c1-10(7-13-6-5-11(2)21-13)19-15(16-4)17-8-14-12(3)18-9-20-14/h5-6,9-10H,7-8H2,1-4H3,(H2,16,17,19). The van der Waals surface area contributed by atoms with Gasteiger partial charge in [-0.1, -0.05) is 0 Å². The van der Waals surface area contributed by atoms with E-state index in [4.69, 9.17) is 0 Å². The summed E-state index contributed by atoms with van der Waals surface area (Å²) < 4.78 is 0. The van der Waals surface area contributed by atoms with Gasteiger partial charge in [0.25, 0.3) is 0 Å². The molecule has 1 unspecified atom stereocenters. The number of thiophene rings is 1. The van der Waals surface area contributed by atoms with Gasteiger partial charge in [-0.3, -0.25) is 4.99 Å². The molecule has 2 rings (SSSR count). The van der Waals surface area contributed by atoms with E-state index in [-0.39, 0.29) is 0 Å². The summed E-state index contributed by atoms with van der Waals surface area (Å²) in [7, 11) is 1.80. The van der Waals surface area contributed by atoms with E-state index >= 15 is 0 Å². The lowest BCUT2D eigenvalue weighted by molar-refractivity contribution is 0.645. The molecule has 0 aliphatic heterocycles. The van der Waals surface area contributed by atoms with Gasteiger partial charge in [0.2, 0.25) is 0 Å². The SMILES string of the molecule is CN=C(NCc1scnc1C)NC(C)Cc1ccc(C)s1. The van der Waals surface area contributed by atoms with Crippen molar-refractivity contribution in [3.05, 3.63) is 38.0 Å². The zero-order valence-electron chi connectivity index (χ0n) is 12.9. The lowest BCUT2D eigenvalue weighted by atomic mass is 10.2. The van der Waals surface area contributed by atoms with Crippen LogP contribution in [0.15, 0.2) is 22.6 Å². The summed E-state index contributed by atoms with van der Waals surface area (Å²) in [6, 6.07) is 4.72. The molecular formula is C15H22N4S2. The van der Waals surface area contributed by atoms with Crippen LogP contribution in [0.1, 0.15) is 27.2 Å². The number of rotatable bonds is 5. The molecule has 2 aromatic rings. The lowest BCUT2D eigenvalue weighted by Gasteiger charge is -2.17. The average Bonchev–Trinajstić information content (AvgIpc) is 3.03. The minimum Gasteiger partial charge on any atom is -0.354 e. The molecule has 1 atom stereocenters. The second-order valence-electron chi connectivity index (χ2n) is 5.05. The minimum atomic E-state index is 0.344. The highest BCUT2D eigenvalue weighted by Gasteiger charge is 2.08. The maximum atomic E-state index is 4.29. The molecule has 0 bridgehead atoms. The van der Waals surface area contributed by atoms with E-state index in [2.05, 4.69) is 46.6 Å². The van der Waals surface area contributed by atoms with E-state index < -0.39 is 0 Å². The second kappa shape index (κ2) is 7.56. The molecule has 6 heteroatoms. The molecule has 0 amide bonds. The smallest absolute Gasteiger partial charge is 0.191 e. The van der Waals surface area contributed by atoms with Crippen molar-refractivity contribution >= 4 is 28.6 Å². The van der Waals surface area contributed by atoms with Crippen molar-refractivity contribution in [3.8, 4) is 0 Å². The van der Waals surface area contributed by atoms with E-state index in [1.165, 1.54) is 14.6 Å². The van der Waals surface area contributed by atoms with Crippen molar-refractivity contribution in [2.24, 2.45) is 4.99 Å². The van der Waals surface area contributed by atoms with Crippen LogP contribution in [0, 0.1) is 13.8 Å². The molecule has 114 valence electrons. The zero-order valence-corrected chi connectivity index (χ0v) is 14.6. The number of guanidine groups is 1. The first-order chi connectivity index (χ1) is 10.1. The van der Waals surface area contributed by atoms with Gasteiger partial charge in [0, 0.05) is 34.1 Å². The summed E-state index contributed by atoms with van der Waals surface area (Å²) in [6.45, 7) is 7.12. The Morgan fingerprint density at radius 2 is 2.19 bits per heavy atom. The highest BCUT2D eigenvalue weighted by atomic mass is 32.1. The molecule has 21 heavy (non-hydrogen) atoms. The molecule has 0 fully saturated rings. The molecule has 0 saturated heterocycles. The number of aryl methyl sites for hydroxylation is 2. The molecule has 0 radical (unpaired) electrons. The van der Waals surface area contributed by atoms with E-state index in [0.29, 0.717) is 6.04 Å². The number of nitrogens with one attached hydrogen (secondary N) is 2. The number of hydrogen-bond acceptors (Lipinski definition) is 4. The fourth-order valence-electron chi connectivity index (χ4n) is 2.04. The van der Waals surface area contributed by atoms with E-state index in [0.717, 1.165) is 24.6 Å². The highest BCUT2D eigenvalue weighted by Crippen LogP contribution is 2.16. The monoisotopic (exact) mass is 322 g/mol. The van der Waals surface area contributed by atoms with Crippen molar-refractivity contribution in [2.75, 3.05) is 7.05 Å². The van der Waals surface area contributed by atoms with E-state index in [1.807, 2.05) is 23.8 Å². The van der Waals surface area contributed by atoms with Gasteiger partial charge in [0.1, 0.15) is 0 Å². The van der Waals surface area contributed by atoms with Gasteiger partial charge in [-0.2, -0.15) is 0 Å². The summed E-state index contributed by atoms with van der Waals surface area (Å²) in [5, 5.41) is 6.78. The van der Waals surface area contributed by atoms with Gasteiger partial charge in [0.15, 0.2) is 5.96 Å². The Hall–Kier alpha value is -1.40. The summed E-state index contributed by atoms with van der Waals surface area (Å²) in [5.74, 6) is 0.837. The molecule has 2 heterocycles. The van der Waals surface area contributed by atoms with Crippen LogP contribution in [0.3, 0.4) is 0 Å². The second-order valence-corrected chi connectivity index (χ2v) is 7.36. The Balaban J connectivity index is 1.83. The normalized spacial score (nSPS) is 13.2. The van der Waals surface area contributed by atoms with Crippen LogP contribution in [0.25, 0.3) is 0 Å². The number of hydrogen-bond donors (Lipinski definition) is 2. The molecule has 0 saturated carbocycles. The number of thiazole rings is 1. The van der Waals surface area contributed by atoms with Gasteiger partial charge in [-0.05, 0) is 32.9 Å². The van der Waals surface area contributed by atoms with E-state index in [1.54, 1.807) is 18.4 Å². The lowest BCUT2D eigenvalue weighted by Crippen LogP contribution is -2.42. The van der Waals surface area contributed by atoms with Crippen molar-refractivity contribution in [2.45, 2.75) is 39.8 Å². The summed E-state index contributed by atoms with van der Waals surface area (Å²) in [4.78, 5) is 12.6. The fourth-order valence-corrected chi connectivity index (χ4v) is 3.77. The molecule has 4 nitrogen and oxygen atoms in total. The Morgan fingerprint density at radius 3 is 2.76 bits per heavy atom. The Kier molecular flexibility index (Phi) is 5.76. The summed E-state index contributed by atoms with van der Waals surface area (Å²) in [5.41, 5.74) is 2.97. The molecule has 0 spiro atoms. The third-order valence-corrected chi connectivity index (χ3v) is 5.13. The maximum absolute atomic E-state index is 4.29. The number of aliphatic imine (C=N–C) groups is 1. The number of nitrogens with zero attached hydrogens (tertiary/aromatic N) is 2. The van der Waals surface area contributed by atoms with Gasteiger partial charge >= 0.3 is 0 Å².